The molecule has 182 valence electrons. The highest BCUT2D eigenvalue weighted by Crippen LogP contribution is 2.40. The molecular weight excluding hydrogens is 472 g/mol. The van der Waals surface area contributed by atoms with Gasteiger partial charge in [0.1, 0.15) is 0 Å². The molecule has 0 radical (unpaired) electrons. The second-order valence-electron chi connectivity index (χ2n) is 9.24. The van der Waals surface area contributed by atoms with Gasteiger partial charge in [-0.1, -0.05) is 29.3 Å². The maximum absolute atomic E-state index is 13.5. The first kappa shape index (κ1) is 24.9. The van der Waals surface area contributed by atoms with Crippen LogP contribution in [-0.4, -0.2) is 35.7 Å². The highest BCUT2D eigenvalue weighted by Gasteiger charge is 2.43. The van der Waals surface area contributed by atoms with Crippen LogP contribution in [0.25, 0.3) is 6.08 Å². The van der Waals surface area contributed by atoms with Gasteiger partial charge < -0.3 is 10.2 Å². The fourth-order valence-corrected chi connectivity index (χ4v) is 4.93. The van der Waals surface area contributed by atoms with Crippen LogP contribution in [0.2, 0.25) is 5.02 Å². The monoisotopic (exact) mass is 497 g/mol. The highest BCUT2D eigenvalue weighted by atomic mass is 35.5. The van der Waals surface area contributed by atoms with E-state index >= 15 is 0 Å². The average Bonchev–Trinajstić information content (AvgIpc) is 3.21. The van der Waals surface area contributed by atoms with Crippen molar-refractivity contribution in [1.82, 2.24) is 4.90 Å². The van der Waals surface area contributed by atoms with Crippen molar-refractivity contribution in [3.63, 3.8) is 0 Å². The Kier molecular flexibility index (Phi) is 7.23. The third-order valence-electron chi connectivity index (χ3n) is 6.74. The van der Waals surface area contributed by atoms with E-state index < -0.39 is 11.8 Å². The van der Waals surface area contributed by atoms with Gasteiger partial charge in [-0.2, -0.15) is 5.26 Å². The number of likely N-dealkylation sites (tertiary alicyclic amines) is 1. The van der Waals surface area contributed by atoms with Crippen LogP contribution in [0.1, 0.15) is 59.2 Å². The molecule has 1 aliphatic carbocycles. The Morgan fingerprint density at radius 2 is 1.97 bits per heavy atom. The number of carbonyl (C=O) groups is 2. The molecule has 4 rings (SSSR count). The molecule has 2 aromatic carbocycles. The number of amides is 2. The summed E-state index contributed by atoms with van der Waals surface area (Å²) in [7, 11) is 0. The van der Waals surface area contributed by atoms with Gasteiger partial charge >= 0.3 is 0 Å². The quantitative estimate of drug-likeness (QED) is 0.545. The number of nitrogens with zero attached hydrogens (tertiary/aromatic N) is 2. The van der Waals surface area contributed by atoms with Crippen LogP contribution in [0.5, 0.6) is 0 Å². The summed E-state index contributed by atoms with van der Waals surface area (Å²) in [6.45, 7) is 2.90. The number of hydrogen-bond donors (Lipinski definition) is 1. The summed E-state index contributed by atoms with van der Waals surface area (Å²) in [6, 6.07) is 12.0. The van der Waals surface area contributed by atoms with E-state index in [2.05, 4.69) is 5.32 Å². The van der Waals surface area contributed by atoms with Crippen LogP contribution >= 0.6 is 11.6 Å². The standard InChI is InChI=1S/C27H26ClF2N3O2/c1-17-22(11-18-6-9-33(10-7-18)26(35)21-5-8-27(29,30)15-21)13-23(28)14-24(17)32-25(34)20-4-2-3-19(12-20)16-31/h2-4,11-14,21H,5-10,15H2,1H3,(H,32,34). The van der Waals surface area contributed by atoms with Crippen LogP contribution < -0.4 is 5.32 Å². The Balaban J connectivity index is 1.44. The van der Waals surface area contributed by atoms with Gasteiger partial charge in [0.25, 0.3) is 5.91 Å². The Labute approximate surface area is 208 Å². The summed E-state index contributed by atoms with van der Waals surface area (Å²) >= 11 is 6.34. The number of rotatable bonds is 4. The molecule has 1 saturated heterocycles. The molecule has 0 aromatic heterocycles. The Bertz CT molecular complexity index is 1230. The molecule has 0 bridgehead atoms. The second kappa shape index (κ2) is 10.2. The Hall–Kier alpha value is -3.24. The molecule has 1 saturated carbocycles. The smallest absolute Gasteiger partial charge is 0.255 e. The van der Waals surface area contributed by atoms with E-state index in [-0.39, 0.29) is 31.1 Å². The lowest BCUT2D eigenvalue weighted by Gasteiger charge is -2.30. The molecule has 1 aliphatic heterocycles. The normalized spacial score (nSPS) is 19.2. The zero-order valence-electron chi connectivity index (χ0n) is 19.4. The fourth-order valence-electron chi connectivity index (χ4n) is 4.70. The number of halogens is 3. The first-order chi connectivity index (χ1) is 16.6. The number of anilines is 1. The summed E-state index contributed by atoms with van der Waals surface area (Å²) in [5, 5.41) is 12.4. The molecule has 1 unspecified atom stereocenters. The van der Waals surface area contributed by atoms with Gasteiger partial charge in [0.2, 0.25) is 11.8 Å². The molecule has 1 heterocycles. The Morgan fingerprint density at radius 1 is 1.23 bits per heavy atom. The van der Waals surface area contributed by atoms with Crippen LogP contribution in [0, 0.1) is 24.2 Å². The van der Waals surface area contributed by atoms with Crippen molar-refractivity contribution in [1.29, 1.82) is 5.26 Å². The van der Waals surface area contributed by atoms with E-state index in [0.717, 1.165) is 16.7 Å². The highest BCUT2D eigenvalue weighted by molar-refractivity contribution is 6.31. The lowest BCUT2D eigenvalue weighted by atomic mass is 9.96. The van der Waals surface area contributed by atoms with E-state index in [1.807, 2.05) is 25.1 Å². The number of piperidine rings is 1. The molecule has 1 N–H and O–H groups in total. The first-order valence-electron chi connectivity index (χ1n) is 11.6. The largest absolute Gasteiger partial charge is 0.342 e. The fraction of sp³-hybridized carbons (Fsp3) is 0.370. The molecule has 5 nitrogen and oxygen atoms in total. The van der Waals surface area contributed by atoms with Crippen molar-refractivity contribution in [2.24, 2.45) is 5.92 Å². The van der Waals surface area contributed by atoms with E-state index in [1.165, 1.54) is 6.07 Å². The number of hydrogen-bond acceptors (Lipinski definition) is 3. The summed E-state index contributed by atoms with van der Waals surface area (Å²) in [4.78, 5) is 27.1. The van der Waals surface area contributed by atoms with E-state index in [9.17, 15) is 18.4 Å². The lowest BCUT2D eigenvalue weighted by Crippen LogP contribution is -2.39. The van der Waals surface area contributed by atoms with Gasteiger partial charge in [0.05, 0.1) is 11.6 Å². The number of nitrogens with one attached hydrogen (secondary N) is 1. The minimum Gasteiger partial charge on any atom is -0.342 e. The molecule has 2 amide bonds. The van der Waals surface area contributed by atoms with Gasteiger partial charge in [0.15, 0.2) is 0 Å². The van der Waals surface area contributed by atoms with Crippen molar-refractivity contribution < 1.29 is 18.4 Å². The average molecular weight is 498 g/mol. The van der Waals surface area contributed by atoms with E-state index in [1.54, 1.807) is 29.2 Å². The summed E-state index contributed by atoms with van der Waals surface area (Å²) in [5.41, 5.74) is 4.20. The number of nitriles is 1. The number of carbonyl (C=O) groups excluding carboxylic acids is 2. The lowest BCUT2D eigenvalue weighted by molar-refractivity contribution is -0.136. The van der Waals surface area contributed by atoms with Gasteiger partial charge in [-0.15, -0.1) is 0 Å². The maximum Gasteiger partial charge on any atom is 0.255 e. The van der Waals surface area contributed by atoms with E-state index in [4.69, 9.17) is 16.9 Å². The third-order valence-corrected chi connectivity index (χ3v) is 6.96. The molecule has 2 aliphatic rings. The topological polar surface area (TPSA) is 73.2 Å². The summed E-state index contributed by atoms with van der Waals surface area (Å²) < 4.78 is 27.0. The second-order valence-corrected chi connectivity index (χ2v) is 9.67. The van der Waals surface area contributed by atoms with Crippen molar-refractivity contribution >= 4 is 35.2 Å². The summed E-state index contributed by atoms with van der Waals surface area (Å²) in [5.74, 6) is -3.80. The molecule has 2 aromatic rings. The molecule has 1 atom stereocenters. The van der Waals surface area contributed by atoms with Crippen molar-refractivity contribution in [2.45, 2.75) is 45.0 Å². The molecular formula is C27H26ClF2N3O2. The van der Waals surface area contributed by atoms with Crippen LogP contribution in [0.15, 0.2) is 42.0 Å². The molecule has 8 heteroatoms. The predicted molar refractivity (Wildman–Crippen MR) is 131 cm³/mol. The van der Waals surface area contributed by atoms with Crippen molar-refractivity contribution in [2.75, 3.05) is 18.4 Å². The zero-order valence-corrected chi connectivity index (χ0v) is 20.2. The number of benzene rings is 2. The summed E-state index contributed by atoms with van der Waals surface area (Å²) in [6.07, 6.45) is 3.04. The van der Waals surface area contributed by atoms with Crippen LogP contribution in [-0.2, 0) is 4.79 Å². The van der Waals surface area contributed by atoms with Crippen LogP contribution in [0.4, 0.5) is 14.5 Å². The zero-order chi connectivity index (χ0) is 25.2. The maximum atomic E-state index is 13.5. The van der Waals surface area contributed by atoms with Gasteiger partial charge in [0, 0.05) is 48.1 Å². The van der Waals surface area contributed by atoms with Crippen molar-refractivity contribution in [3.8, 4) is 6.07 Å². The van der Waals surface area contributed by atoms with Crippen molar-refractivity contribution in [3.05, 3.63) is 69.2 Å². The van der Waals surface area contributed by atoms with Gasteiger partial charge in [-0.3, -0.25) is 9.59 Å². The predicted octanol–water partition coefficient (Wildman–Crippen LogP) is 6.21. The van der Waals surface area contributed by atoms with Gasteiger partial charge in [-0.25, -0.2) is 8.78 Å². The van der Waals surface area contributed by atoms with E-state index in [0.29, 0.717) is 47.8 Å². The molecule has 2 fully saturated rings. The number of alkyl halides is 2. The minimum atomic E-state index is -2.73. The Morgan fingerprint density at radius 3 is 2.63 bits per heavy atom. The SMILES string of the molecule is Cc1c(C=C2CCN(C(=O)C3CCC(F)(F)C3)CC2)cc(Cl)cc1NC(=O)c1cccc(C#N)c1. The molecule has 35 heavy (non-hydrogen) atoms. The first-order valence-corrected chi connectivity index (χ1v) is 12.0. The third kappa shape index (κ3) is 5.88. The van der Waals surface area contributed by atoms with Gasteiger partial charge in [-0.05, 0) is 67.6 Å². The van der Waals surface area contributed by atoms with Crippen LogP contribution in [0.3, 0.4) is 0 Å². The molecule has 0 spiro atoms. The minimum absolute atomic E-state index is 0.161.